The second kappa shape index (κ2) is 6.93. The number of hydrogen-bond donors (Lipinski definition) is 1. The van der Waals surface area contributed by atoms with Crippen molar-refractivity contribution in [1.29, 1.82) is 0 Å². The Kier molecular flexibility index (Phi) is 4.50. The van der Waals surface area contributed by atoms with E-state index in [0.717, 1.165) is 37.6 Å². The number of ether oxygens (including phenoxy) is 1. The largest absolute Gasteiger partial charge is 0.374 e. The molecule has 2 aromatic heterocycles. The van der Waals surface area contributed by atoms with Gasteiger partial charge in [0.2, 0.25) is 0 Å². The molecule has 7 heteroatoms. The van der Waals surface area contributed by atoms with E-state index in [-0.39, 0.29) is 18.1 Å². The smallest absolute Gasteiger partial charge is 0.254 e. The highest BCUT2D eigenvalue weighted by molar-refractivity contribution is 5.94. The second-order valence-electron chi connectivity index (χ2n) is 6.73. The molecule has 2 saturated heterocycles. The Hall–Kier alpha value is -2.25. The standard InChI is InChI=1S/C18H23N5O2/c1-13-20-10-15(21-13)11-22-7-4-17-16(12-22)23(8-9-25-17)18(24)14-2-5-19-6-3-14/h2-3,5-6,10,16-17H,4,7-9,11-12H2,1H3,(H,20,21)/t16-,17+/m1/s1. The van der Waals surface area contributed by atoms with Crippen LogP contribution in [0.3, 0.4) is 0 Å². The average molecular weight is 341 g/mol. The highest BCUT2D eigenvalue weighted by Crippen LogP contribution is 2.25. The molecule has 0 radical (unpaired) electrons. The maximum atomic E-state index is 12.9. The van der Waals surface area contributed by atoms with Crippen molar-refractivity contribution in [2.24, 2.45) is 0 Å². The number of pyridine rings is 1. The van der Waals surface area contributed by atoms with Crippen LogP contribution in [0, 0.1) is 6.92 Å². The Morgan fingerprint density at radius 2 is 2.20 bits per heavy atom. The summed E-state index contributed by atoms with van der Waals surface area (Å²) in [5.41, 5.74) is 1.80. The van der Waals surface area contributed by atoms with Gasteiger partial charge in [0.05, 0.1) is 18.8 Å². The lowest BCUT2D eigenvalue weighted by Gasteiger charge is -2.47. The maximum Gasteiger partial charge on any atom is 0.254 e. The summed E-state index contributed by atoms with van der Waals surface area (Å²) in [6.07, 6.45) is 6.29. The number of rotatable bonds is 3. The molecule has 4 heterocycles. The van der Waals surface area contributed by atoms with E-state index in [2.05, 4.69) is 19.9 Å². The molecule has 2 aromatic rings. The first-order valence-corrected chi connectivity index (χ1v) is 8.76. The van der Waals surface area contributed by atoms with Gasteiger partial charge in [0.25, 0.3) is 5.91 Å². The molecule has 132 valence electrons. The summed E-state index contributed by atoms with van der Waals surface area (Å²) in [6.45, 7) is 5.81. The molecular formula is C18H23N5O2. The van der Waals surface area contributed by atoms with Gasteiger partial charge in [0.1, 0.15) is 5.82 Å². The zero-order valence-corrected chi connectivity index (χ0v) is 14.4. The molecule has 0 bridgehead atoms. The minimum Gasteiger partial charge on any atom is -0.374 e. The van der Waals surface area contributed by atoms with Gasteiger partial charge in [0, 0.05) is 56.0 Å². The van der Waals surface area contributed by atoms with Crippen LogP contribution in [0.5, 0.6) is 0 Å². The summed E-state index contributed by atoms with van der Waals surface area (Å²) >= 11 is 0. The third kappa shape index (κ3) is 3.43. The minimum atomic E-state index is 0.0694. The third-order valence-corrected chi connectivity index (χ3v) is 5.01. The SMILES string of the molecule is Cc1ncc(CN2CC[C@@H]3OCCN(C(=O)c4ccncc4)[C@@H]3C2)[nH]1. The molecule has 0 unspecified atom stereocenters. The number of aromatic nitrogens is 3. The van der Waals surface area contributed by atoms with Gasteiger partial charge in [-0.25, -0.2) is 4.98 Å². The number of piperidine rings is 1. The third-order valence-electron chi connectivity index (χ3n) is 5.01. The molecule has 0 aliphatic carbocycles. The monoisotopic (exact) mass is 341 g/mol. The molecular weight excluding hydrogens is 318 g/mol. The molecule has 2 aliphatic rings. The number of hydrogen-bond acceptors (Lipinski definition) is 5. The van der Waals surface area contributed by atoms with Crippen molar-refractivity contribution in [2.75, 3.05) is 26.2 Å². The number of carbonyl (C=O) groups is 1. The van der Waals surface area contributed by atoms with Crippen LogP contribution in [0.2, 0.25) is 0 Å². The van der Waals surface area contributed by atoms with Gasteiger partial charge >= 0.3 is 0 Å². The molecule has 0 aromatic carbocycles. The van der Waals surface area contributed by atoms with Crippen LogP contribution < -0.4 is 0 Å². The molecule has 2 aliphatic heterocycles. The number of aromatic amines is 1. The summed E-state index contributed by atoms with van der Waals surface area (Å²) in [7, 11) is 0. The van der Waals surface area contributed by atoms with E-state index in [1.165, 1.54) is 0 Å². The van der Waals surface area contributed by atoms with Gasteiger partial charge in [-0.1, -0.05) is 0 Å². The number of nitrogens with zero attached hydrogens (tertiary/aromatic N) is 4. The van der Waals surface area contributed by atoms with Gasteiger partial charge < -0.3 is 14.6 Å². The van der Waals surface area contributed by atoms with Gasteiger partial charge in [-0.05, 0) is 25.5 Å². The van der Waals surface area contributed by atoms with Crippen molar-refractivity contribution < 1.29 is 9.53 Å². The number of H-pyrrole nitrogens is 1. The van der Waals surface area contributed by atoms with Crippen LogP contribution in [0.25, 0.3) is 0 Å². The highest BCUT2D eigenvalue weighted by atomic mass is 16.5. The van der Waals surface area contributed by atoms with Crippen LogP contribution in [-0.4, -0.2) is 69.0 Å². The Bertz CT molecular complexity index is 732. The van der Waals surface area contributed by atoms with Crippen LogP contribution in [0.1, 0.15) is 28.3 Å². The lowest BCUT2D eigenvalue weighted by molar-refractivity contribution is -0.0915. The summed E-state index contributed by atoms with van der Waals surface area (Å²) in [6, 6.07) is 3.65. The average Bonchev–Trinajstić information content (AvgIpc) is 3.06. The Morgan fingerprint density at radius 1 is 1.36 bits per heavy atom. The van der Waals surface area contributed by atoms with E-state index in [0.29, 0.717) is 18.7 Å². The fraction of sp³-hybridized carbons (Fsp3) is 0.500. The predicted molar refractivity (Wildman–Crippen MR) is 92.0 cm³/mol. The molecule has 2 atom stereocenters. The molecule has 1 amide bonds. The van der Waals surface area contributed by atoms with Crippen molar-refractivity contribution in [3.8, 4) is 0 Å². The van der Waals surface area contributed by atoms with E-state index < -0.39 is 0 Å². The highest BCUT2D eigenvalue weighted by Gasteiger charge is 2.39. The Morgan fingerprint density at radius 3 is 2.96 bits per heavy atom. The van der Waals surface area contributed by atoms with Gasteiger partial charge in [0.15, 0.2) is 0 Å². The molecule has 25 heavy (non-hydrogen) atoms. The van der Waals surface area contributed by atoms with Gasteiger partial charge in [-0.15, -0.1) is 0 Å². The first-order valence-electron chi connectivity index (χ1n) is 8.76. The molecule has 1 N–H and O–H groups in total. The predicted octanol–water partition coefficient (Wildman–Crippen LogP) is 1.23. The minimum absolute atomic E-state index is 0.0694. The zero-order chi connectivity index (χ0) is 17.2. The first kappa shape index (κ1) is 16.2. The Balaban J connectivity index is 1.48. The molecule has 0 spiro atoms. The van der Waals surface area contributed by atoms with Crippen LogP contribution >= 0.6 is 0 Å². The maximum absolute atomic E-state index is 12.9. The number of fused-ring (bicyclic) bond motifs is 1. The molecule has 2 fully saturated rings. The fourth-order valence-corrected chi connectivity index (χ4v) is 3.79. The first-order chi connectivity index (χ1) is 12.2. The summed E-state index contributed by atoms with van der Waals surface area (Å²) in [5.74, 6) is 1.00. The summed E-state index contributed by atoms with van der Waals surface area (Å²) < 4.78 is 5.95. The molecule has 7 nitrogen and oxygen atoms in total. The van der Waals surface area contributed by atoms with Crippen LogP contribution in [0.4, 0.5) is 0 Å². The topological polar surface area (TPSA) is 74.3 Å². The number of nitrogens with one attached hydrogen (secondary N) is 1. The van der Waals surface area contributed by atoms with Crippen molar-refractivity contribution in [1.82, 2.24) is 24.8 Å². The van der Waals surface area contributed by atoms with Crippen molar-refractivity contribution in [3.05, 3.63) is 47.8 Å². The van der Waals surface area contributed by atoms with Crippen molar-refractivity contribution in [3.63, 3.8) is 0 Å². The lowest BCUT2D eigenvalue weighted by Crippen LogP contribution is -2.61. The second-order valence-corrected chi connectivity index (χ2v) is 6.73. The fourth-order valence-electron chi connectivity index (χ4n) is 3.79. The number of morpholine rings is 1. The number of carbonyl (C=O) groups excluding carboxylic acids is 1. The van der Waals surface area contributed by atoms with E-state index in [1.54, 1.807) is 24.5 Å². The van der Waals surface area contributed by atoms with Crippen LogP contribution in [0.15, 0.2) is 30.7 Å². The van der Waals surface area contributed by atoms with E-state index >= 15 is 0 Å². The Labute approximate surface area is 147 Å². The molecule has 4 rings (SSSR count). The summed E-state index contributed by atoms with van der Waals surface area (Å²) in [5, 5.41) is 0. The quantitative estimate of drug-likeness (QED) is 0.909. The van der Waals surface area contributed by atoms with Crippen molar-refractivity contribution in [2.45, 2.75) is 32.0 Å². The lowest BCUT2D eigenvalue weighted by atomic mass is 9.97. The molecule has 0 saturated carbocycles. The zero-order valence-electron chi connectivity index (χ0n) is 14.4. The van der Waals surface area contributed by atoms with Crippen molar-refractivity contribution >= 4 is 5.91 Å². The van der Waals surface area contributed by atoms with E-state index in [9.17, 15) is 4.79 Å². The number of amides is 1. The van der Waals surface area contributed by atoms with E-state index in [4.69, 9.17) is 4.74 Å². The summed E-state index contributed by atoms with van der Waals surface area (Å²) in [4.78, 5) is 28.8. The number of aryl methyl sites for hydroxylation is 1. The normalized spacial score (nSPS) is 24.1. The van der Waals surface area contributed by atoms with Gasteiger partial charge in [-0.2, -0.15) is 0 Å². The number of likely N-dealkylation sites (tertiary alicyclic amines) is 1. The number of imidazole rings is 1. The van der Waals surface area contributed by atoms with E-state index in [1.807, 2.05) is 18.0 Å². The van der Waals surface area contributed by atoms with Gasteiger partial charge in [-0.3, -0.25) is 14.7 Å². The van der Waals surface area contributed by atoms with Crippen LogP contribution in [-0.2, 0) is 11.3 Å².